The Morgan fingerprint density at radius 3 is 2.65 bits per heavy atom. The Bertz CT molecular complexity index is 530. The number of rotatable bonds is 3. The summed E-state index contributed by atoms with van der Waals surface area (Å²) in [5.74, 6) is -0.0644. The van der Waals surface area contributed by atoms with E-state index in [1.807, 2.05) is 22.9 Å². The molecule has 0 fully saturated rings. The fourth-order valence-electron chi connectivity index (χ4n) is 1.67. The quantitative estimate of drug-likeness (QED) is 0.876. The molecule has 17 heavy (non-hydrogen) atoms. The van der Waals surface area contributed by atoms with Crippen LogP contribution in [0.3, 0.4) is 0 Å². The molecule has 2 aromatic rings. The van der Waals surface area contributed by atoms with Crippen molar-refractivity contribution >= 4 is 5.91 Å². The van der Waals surface area contributed by atoms with Crippen molar-refractivity contribution in [2.24, 2.45) is 5.73 Å². The van der Waals surface area contributed by atoms with Crippen LogP contribution in [0.2, 0.25) is 0 Å². The van der Waals surface area contributed by atoms with Gasteiger partial charge in [-0.1, -0.05) is 13.8 Å². The van der Waals surface area contributed by atoms with Gasteiger partial charge >= 0.3 is 0 Å². The first-order valence-electron chi connectivity index (χ1n) is 5.51. The van der Waals surface area contributed by atoms with E-state index >= 15 is 0 Å². The van der Waals surface area contributed by atoms with E-state index in [0.717, 1.165) is 11.3 Å². The number of primary amides is 1. The number of aromatic nitrogens is 2. The summed E-state index contributed by atoms with van der Waals surface area (Å²) >= 11 is 0. The number of hydrogen-bond donors (Lipinski definition) is 1. The predicted molar refractivity (Wildman–Crippen MR) is 66.2 cm³/mol. The van der Waals surface area contributed by atoms with Gasteiger partial charge in [0, 0.05) is 23.6 Å². The maximum atomic E-state index is 11.3. The van der Waals surface area contributed by atoms with Crippen molar-refractivity contribution in [3.05, 3.63) is 48.0 Å². The van der Waals surface area contributed by atoms with Crippen LogP contribution in [0, 0.1) is 0 Å². The highest BCUT2D eigenvalue weighted by Gasteiger charge is 2.08. The number of hydrogen-bond acceptors (Lipinski definition) is 2. The van der Waals surface area contributed by atoms with E-state index in [-0.39, 0.29) is 0 Å². The van der Waals surface area contributed by atoms with Crippen molar-refractivity contribution in [1.82, 2.24) is 9.55 Å². The van der Waals surface area contributed by atoms with Crippen LogP contribution in [-0.2, 0) is 0 Å². The number of imidazole rings is 1. The zero-order chi connectivity index (χ0) is 12.4. The van der Waals surface area contributed by atoms with E-state index in [4.69, 9.17) is 5.73 Å². The third kappa shape index (κ3) is 2.36. The highest BCUT2D eigenvalue weighted by Crippen LogP contribution is 2.20. The van der Waals surface area contributed by atoms with Crippen LogP contribution >= 0.6 is 0 Å². The molecule has 2 N–H and O–H groups in total. The van der Waals surface area contributed by atoms with Gasteiger partial charge in [0.2, 0.25) is 5.91 Å². The lowest BCUT2D eigenvalue weighted by Gasteiger charge is -2.11. The first-order valence-corrected chi connectivity index (χ1v) is 5.51. The maximum Gasteiger partial charge on any atom is 0.248 e. The SMILES string of the molecule is CC(C)c1cc(C(N)=O)cc(-n2ccnc2)c1. The maximum absolute atomic E-state index is 11.3. The predicted octanol–water partition coefficient (Wildman–Crippen LogP) is 2.09. The van der Waals surface area contributed by atoms with Crippen LogP contribution in [-0.4, -0.2) is 15.5 Å². The fourth-order valence-corrected chi connectivity index (χ4v) is 1.67. The molecule has 88 valence electrons. The Morgan fingerprint density at radius 1 is 1.35 bits per heavy atom. The molecule has 1 aromatic heterocycles. The smallest absolute Gasteiger partial charge is 0.248 e. The molecule has 0 aliphatic carbocycles. The molecule has 4 nitrogen and oxygen atoms in total. The second kappa shape index (κ2) is 4.41. The fraction of sp³-hybridized carbons (Fsp3) is 0.231. The largest absolute Gasteiger partial charge is 0.366 e. The molecule has 1 amide bonds. The van der Waals surface area contributed by atoms with Gasteiger partial charge in [-0.3, -0.25) is 4.79 Å². The lowest BCUT2D eigenvalue weighted by atomic mass is 9.99. The van der Waals surface area contributed by atoms with E-state index in [1.54, 1.807) is 18.6 Å². The van der Waals surface area contributed by atoms with E-state index in [0.29, 0.717) is 11.5 Å². The Balaban J connectivity index is 2.56. The van der Waals surface area contributed by atoms with E-state index in [2.05, 4.69) is 18.8 Å². The van der Waals surface area contributed by atoms with Crippen molar-refractivity contribution in [2.45, 2.75) is 19.8 Å². The highest BCUT2D eigenvalue weighted by molar-refractivity contribution is 5.93. The van der Waals surface area contributed by atoms with Crippen LogP contribution in [0.4, 0.5) is 0 Å². The summed E-state index contributed by atoms with van der Waals surface area (Å²) < 4.78 is 1.86. The van der Waals surface area contributed by atoms with E-state index < -0.39 is 5.91 Å². The molecule has 0 spiro atoms. The molecule has 4 heteroatoms. The number of carbonyl (C=O) groups excluding carboxylic acids is 1. The van der Waals surface area contributed by atoms with Crippen molar-refractivity contribution in [2.75, 3.05) is 0 Å². The third-order valence-corrected chi connectivity index (χ3v) is 2.69. The van der Waals surface area contributed by atoms with Gasteiger partial charge in [-0.25, -0.2) is 4.98 Å². The molecular weight excluding hydrogens is 214 g/mol. The van der Waals surface area contributed by atoms with Gasteiger partial charge in [0.1, 0.15) is 0 Å². The van der Waals surface area contributed by atoms with Gasteiger partial charge in [-0.05, 0) is 29.7 Å². The second-order valence-electron chi connectivity index (χ2n) is 4.30. The molecule has 2 rings (SSSR count). The zero-order valence-corrected chi connectivity index (χ0v) is 9.92. The van der Waals surface area contributed by atoms with Crippen LogP contribution in [0.1, 0.15) is 35.7 Å². The molecule has 0 unspecified atom stereocenters. The van der Waals surface area contributed by atoms with Crippen molar-refractivity contribution < 1.29 is 4.79 Å². The minimum Gasteiger partial charge on any atom is -0.366 e. The van der Waals surface area contributed by atoms with Crippen LogP contribution in [0.25, 0.3) is 5.69 Å². The number of nitrogens with zero attached hydrogens (tertiary/aromatic N) is 2. The topological polar surface area (TPSA) is 60.9 Å². The summed E-state index contributed by atoms with van der Waals surface area (Å²) in [5, 5.41) is 0. The van der Waals surface area contributed by atoms with Crippen molar-refractivity contribution in [1.29, 1.82) is 0 Å². The lowest BCUT2D eigenvalue weighted by Crippen LogP contribution is -2.12. The summed E-state index contributed by atoms with van der Waals surface area (Å²) in [5.41, 5.74) is 7.86. The second-order valence-corrected chi connectivity index (χ2v) is 4.30. The number of benzene rings is 1. The van der Waals surface area contributed by atoms with Crippen molar-refractivity contribution in [3.63, 3.8) is 0 Å². The average Bonchev–Trinajstić information content (AvgIpc) is 2.81. The van der Waals surface area contributed by atoms with Crippen LogP contribution in [0.15, 0.2) is 36.9 Å². The third-order valence-electron chi connectivity index (χ3n) is 2.69. The molecule has 0 atom stereocenters. The Kier molecular flexibility index (Phi) is 2.95. The standard InChI is InChI=1S/C13H15N3O/c1-9(2)10-5-11(13(14)17)7-12(6-10)16-4-3-15-8-16/h3-9H,1-2H3,(H2,14,17). The van der Waals surface area contributed by atoms with Gasteiger partial charge in [-0.15, -0.1) is 0 Å². The number of nitrogens with two attached hydrogens (primary N) is 1. The van der Waals surface area contributed by atoms with Crippen molar-refractivity contribution in [3.8, 4) is 5.69 Å². The average molecular weight is 229 g/mol. The summed E-state index contributed by atoms with van der Waals surface area (Å²) in [6.45, 7) is 4.16. The molecule has 0 aliphatic heterocycles. The minimum absolute atomic E-state index is 0.344. The summed E-state index contributed by atoms with van der Waals surface area (Å²) in [4.78, 5) is 15.3. The molecule has 0 saturated carbocycles. The van der Waals surface area contributed by atoms with Crippen LogP contribution in [0.5, 0.6) is 0 Å². The van der Waals surface area contributed by atoms with Gasteiger partial charge in [0.25, 0.3) is 0 Å². The summed E-state index contributed by atoms with van der Waals surface area (Å²) in [7, 11) is 0. The number of amides is 1. The summed E-state index contributed by atoms with van der Waals surface area (Å²) in [6.07, 6.45) is 5.24. The van der Waals surface area contributed by atoms with Gasteiger partial charge in [0.05, 0.1) is 6.33 Å². The molecule has 0 bridgehead atoms. The lowest BCUT2D eigenvalue weighted by molar-refractivity contribution is 0.1000. The molecule has 1 heterocycles. The van der Waals surface area contributed by atoms with Crippen LogP contribution < -0.4 is 5.73 Å². The zero-order valence-electron chi connectivity index (χ0n) is 9.92. The molecular formula is C13H15N3O. The Labute approximate surface area is 100 Å². The number of carbonyl (C=O) groups is 1. The summed E-state index contributed by atoms with van der Waals surface area (Å²) in [6, 6.07) is 5.65. The molecule has 0 aliphatic rings. The molecule has 0 radical (unpaired) electrons. The highest BCUT2D eigenvalue weighted by atomic mass is 16.1. The minimum atomic E-state index is -0.408. The monoisotopic (exact) mass is 229 g/mol. The van der Waals surface area contributed by atoms with Gasteiger partial charge in [0.15, 0.2) is 0 Å². The first-order chi connectivity index (χ1) is 8.08. The first kappa shape index (κ1) is 11.4. The Hall–Kier alpha value is -2.10. The van der Waals surface area contributed by atoms with Gasteiger partial charge in [-0.2, -0.15) is 0 Å². The van der Waals surface area contributed by atoms with E-state index in [9.17, 15) is 4.79 Å². The normalized spacial score (nSPS) is 10.8. The Morgan fingerprint density at radius 2 is 2.12 bits per heavy atom. The van der Waals surface area contributed by atoms with E-state index in [1.165, 1.54) is 0 Å². The molecule has 1 aromatic carbocycles. The van der Waals surface area contributed by atoms with Gasteiger partial charge < -0.3 is 10.3 Å². The molecule has 0 saturated heterocycles.